The van der Waals surface area contributed by atoms with Crippen LogP contribution in [0.1, 0.15) is 41.3 Å². The third kappa shape index (κ3) is 5.28. The van der Waals surface area contributed by atoms with Crippen LogP contribution in [-0.2, 0) is 4.74 Å². The fourth-order valence-corrected chi connectivity index (χ4v) is 4.25. The number of esters is 1. The molecule has 1 heterocycles. The van der Waals surface area contributed by atoms with Crippen molar-refractivity contribution in [3.8, 4) is 0 Å². The van der Waals surface area contributed by atoms with Gasteiger partial charge in [-0.15, -0.1) is 0 Å². The molecule has 176 valence electrons. The van der Waals surface area contributed by atoms with Crippen LogP contribution in [0.3, 0.4) is 0 Å². The number of hydrogen-bond acceptors (Lipinski definition) is 6. The van der Waals surface area contributed by atoms with E-state index >= 15 is 0 Å². The van der Waals surface area contributed by atoms with Crippen LogP contribution in [0.15, 0.2) is 70.9 Å². The highest BCUT2D eigenvalue weighted by Gasteiger charge is 2.13. The number of benzene rings is 3. The minimum atomic E-state index is -0.302. The van der Waals surface area contributed by atoms with Crippen molar-refractivity contribution in [1.82, 2.24) is 0 Å². The highest BCUT2D eigenvalue weighted by atomic mass is 16.5. The van der Waals surface area contributed by atoms with Crippen molar-refractivity contribution >= 4 is 34.4 Å². The van der Waals surface area contributed by atoms with Crippen LogP contribution < -0.4 is 9.80 Å². The quantitative estimate of drug-likeness (QED) is 0.277. The molecule has 0 unspecified atom stereocenters. The first-order valence-electron chi connectivity index (χ1n) is 11.8. The molecule has 0 saturated carbocycles. The van der Waals surface area contributed by atoms with Crippen LogP contribution in [0.5, 0.6) is 0 Å². The first kappa shape index (κ1) is 23.5. The van der Waals surface area contributed by atoms with Gasteiger partial charge in [0.15, 0.2) is 0 Å². The largest absolute Gasteiger partial charge is 0.462 e. The fourth-order valence-electron chi connectivity index (χ4n) is 4.25. The Hall–Kier alpha value is -3.67. The lowest BCUT2D eigenvalue weighted by atomic mass is 10.1. The van der Waals surface area contributed by atoms with Crippen molar-refractivity contribution < 1.29 is 9.53 Å². The third-order valence-electron chi connectivity index (χ3n) is 6.24. The van der Waals surface area contributed by atoms with Gasteiger partial charge in [0.1, 0.15) is 0 Å². The maximum atomic E-state index is 11.9. The maximum Gasteiger partial charge on any atom is 0.338 e. The van der Waals surface area contributed by atoms with Gasteiger partial charge in [-0.2, -0.15) is 10.2 Å². The molecule has 1 aliphatic rings. The molecule has 1 fully saturated rings. The number of nitrogens with zero attached hydrogens (tertiary/aromatic N) is 4. The Kier molecular flexibility index (Phi) is 7.26. The predicted octanol–water partition coefficient (Wildman–Crippen LogP) is 7.26. The summed E-state index contributed by atoms with van der Waals surface area (Å²) in [7, 11) is 2.02. The molecule has 0 aliphatic carbocycles. The highest BCUT2D eigenvalue weighted by molar-refractivity contribution is 5.90. The van der Waals surface area contributed by atoms with E-state index in [4.69, 9.17) is 4.74 Å². The Bertz CT molecular complexity index is 1160. The second kappa shape index (κ2) is 10.5. The zero-order valence-electron chi connectivity index (χ0n) is 20.4. The van der Waals surface area contributed by atoms with Gasteiger partial charge in [-0.3, -0.25) is 0 Å². The minimum Gasteiger partial charge on any atom is -0.462 e. The van der Waals surface area contributed by atoms with E-state index in [1.54, 1.807) is 19.1 Å². The molecular formula is C28H32N4O2. The number of aryl methyl sites for hydroxylation is 2. The maximum absolute atomic E-state index is 11.9. The number of rotatable bonds is 7. The number of carbonyl (C=O) groups excluding carboxylic acids is 1. The number of anilines is 3. The van der Waals surface area contributed by atoms with Crippen molar-refractivity contribution in [3.63, 3.8) is 0 Å². The second-order valence-corrected chi connectivity index (χ2v) is 8.66. The molecule has 0 amide bonds. The van der Waals surface area contributed by atoms with Crippen molar-refractivity contribution in [1.29, 1.82) is 0 Å². The van der Waals surface area contributed by atoms with Gasteiger partial charge in [-0.25, -0.2) is 4.79 Å². The monoisotopic (exact) mass is 456 g/mol. The van der Waals surface area contributed by atoms with Crippen LogP contribution >= 0.6 is 0 Å². The van der Waals surface area contributed by atoms with E-state index in [9.17, 15) is 4.79 Å². The van der Waals surface area contributed by atoms with Gasteiger partial charge >= 0.3 is 5.97 Å². The molecule has 3 aromatic rings. The minimum absolute atomic E-state index is 0.302. The molecule has 6 nitrogen and oxygen atoms in total. The topological polar surface area (TPSA) is 57.5 Å². The van der Waals surface area contributed by atoms with Crippen LogP contribution in [0.25, 0.3) is 0 Å². The van der Waals surface area contributed by atoms with Crippen molar-refractivity contribution in [3.05, 3.63) is 77.4 Å². The average Bonchev–Trinajstić information content (AvgIpc) is 3.39. The van der Waals surface area contributed by atoms with Crippen LogP contribution in [0.4, 0.5) is 28.4 Å². The Labute approximate surface area is 201 Å². The molecule has 0 N–H and O–H groups in total. The molecule has 1 aliphatic heterocycles. The standard InChI is InChI=1S/C28H32N4O2/c1-5-34-28(33)22-8-12-24(13-9-22)31(4)27-19-20(2)26(18-21(27)3)30-29-23-10-14-25(15-11-23)32-16-6-7-17-32/h8-15,18-19H,5-7,16-17H2,1-4H3/b30-29+. The molecule has 4 rings (SSSR count). The van der Waals surface area contributed by atoms with E-state index in [1.807, 2.05) is 38.2 Å². The second-order valence-electron chi connectivity index (χ2n) is 8.66. The van der Waals surface area contributed by atoms with Crippen LogP contribution in [0.2, 0.25) is 0 Å². The van der Waals surface area contributed by atoms with Gasteiger partial charge < -0.3 is 14.5 Å². The fraction of sp³-hybridized carbons (Fsp3) is 0.321. The Morgan fingerprint density at radius 3 is 2.26 bits per heavy atom. The molecule has 0 bridgehead atoms. The number of azo groups is 1. The number of carbonyl (C=O) groups is 1. The summed E-state index contributed by atoms with van der Waals surface area (Å²) in [6.45, 7) is 8.56. The lowest BCUT2D eigenvalue weighted by molar-refractivity contribution is 0.0526. The van der Waals surface area contributed by atoms with Crippen LogP contribution in [0, 0.1) is 13.8 Å². The normalized spacial score (nSPS) is 13.5. The first-order valence-corrected chi connectivity index (χ1v) is 11.8. The van der Waals surface area contributed by atoms with Crippen LogP contribution in [-0.4, -0.2) is 32.7 Å². The van der Waals surface area contributed by atoms with Gasteiger partial charge in [0.05, 0.1) is 23.5 Å². The Balaban J connectivity index is 1.48. The van der Waals surface area contributed by atoms with Crippen molar-refractivity contribution in [2.24, 2.45) is 10.2 Å². The summed E-state index contributed by atoms with van der Waals surface area (Å²) in [5.74, 6) is -0.302. The molecule has 0 aromatic heterocycles. The van der Waals surface area contributed by atoms with E-state index < -0.39 is 0 Å². The van der Waals surface area contributed by atoms with E-state index in [-0.39, 0.29) is 5.97 Å². The molecule has 1 saturated heterocycles. The Morgan fingerprint density at radius 1 is 0.941 bits per heavy atom. The van der Waals surface area contributed by atoms with Gasteiger partial charge in [-0.05, 0) is 105 Å². The summed E-state index contributed by atoms with van der Waals surface area (Å²) in [5, 5.41) is 9.00. The highest BCUT2D eigenvalue weighted by Crippen LogP contribution is 2.33. The zero-order valence-corrected chi connectivity index (χ0v) is 20.4. The molecule has 34 heavy (non-hydrogen) atoms. The van der Waals surface area contributed by atoms with Gasteiger partial charge in [-0.1, -0.05) is 0 Å². The number of hydrogen-bond donors (Lipinski definition) is 0. The summed E-state index contributed by atoms with van der Waals surface area (Å²) in [4.78, 5) is 16.4. The smallest absolute Gasteiger partial charge is 0.338 e. The first-order chi connectivity index (χ1) is 16.5. The lowest BCUT2D eigenvalue weighted by Gasteiger charge is -2.23. The lowest BCUT2D eigenvalue weighted by Crippen LogP contribution is -2.17. The van der Waals surface area contributed by atoms with E-state index in [1.165, 1.54) is 18.5 Å². The van der Waals surface area contributed by atoms with Gasteiger partial charge in [0.2, 0.25) is 0 Å². The average molecular weight is 457 g/mol. The van der Waals surface area contributed by atoms with E-state index in [0.717, 1.165) is 47.0 Å². The number of ether oxygens (including phenoxy) is 1. The van der Waals surface area contributed by atoms with Gasteiger partial charge in [0.25, 0.3) is 0 Å². The molecule has 0 radical (unpaired) electrons. The Morgan fingerprint density at radius 2 is 1.62 bits per heavy atom. The summed E-state index contributed by atoms with van der Waals surface area (Å²) >= 11 is 0. The van der Waals surface area contributed by atoms with E-state index in [0.29, 0.717) is 12.2 Å². The molecule has 6 heteroatoms. The summed E-state index contributed by atoms with van der Waals surface area (Å²) in [5.41, 5.74) is 7.73. The summed E-state index contributed by atoms with van der Waals surface area (Å²) < 4.78 is 5.07. The molecule has 0 atom stereocenters. The van der Waals surface area contributed by atoms with Gasteiger partial charge in [0, 0.05) is 37.2 Å². The summed E-state index contributed by atoms with van der Waals surface area (Å²) in [6, 6.07) is 20.0. The zero-order chi connectivity index (χ0) is 24.1. The third-order valence-corrected chi connectivity index (χ3v) is 6.24. The predicted molar refractivity (Wildman–Crippen MR) is 138 cm³/mol. The molecule has 0 spiro atoms. The SMILES string of the molecule is CCOC(=O)c1ccc(N(C)c2cc(C)c(/N=N/c3ccc(N4CCCC4)cc3)cc2C)cc1. The van der Waals surface area contributed by atoms with E-state index in [2.05, 4.69) is 51.2 Å². The van der Waals surface area contributed by atoms with Crippen molar-refractivity contribution in [2.45, 2.75) is 33.6 Å². The summed E-state index contributed by atoms with van der Waals surface area (Å²) in [6.07, 6.45) is 2.54. The molecule has 3 aromatic carbocycles. The molecular weight excluding hydrogens is 424 g/mol. The van der Waals surface area contributed by atoms with Crippen molar-refractivity contribution in [2.75, 3.05) is 36.5 Å².